The van der Waals surface area contributed by atoms with Gasteiger partial charge in [-0.25, -0.2) is 4.98 Å². The number of aromatic nitrogens is 4. The van der Waals surface area contributed by atoms with Crippen LogP contribution < -0.4 is 10.6 Å². The summed E-state index contributed by atoms with van der Waals surface area (Å²) in [5, 5.41) is 16.5. The first-order chi connectivity index (χ1) is 12.7. The third-order valence-corrected chi connectivity index (χ3v) is 4.83. The first-order valence-electron chi connectivity index (χ1n) is 8.27. The van der Waals surface area contributed by atoms with Crippen LogP contribution in [0.1, 0.15) is 21.7 Å². The monoisotopic (exact) mass is 366 g/mol. The first kappa shape index (κ1) is 16.3. The number of thiazole rings is 1. The highest BCUT2D eigenvalue weighted by Crippen LogP contribution is 2.20. The summed E-state index contributed by atoms with van der Waals surface area (Å²) in [4.78, 5) is 19.8. The minimum atomic E-state index is -0.266. The van der Waals surface area contributed by atoms with Gasteiger partial charge in [0.15, 0.2) is 10.9 Å². The van der Waals surface area contributed by atoms with Gasteiger partial charge in [-0.2, -0.15) is 5.10 Å². The average Bonchev–Trinajstić information content (AvgIpc) is 3.36. The van der Waals surface area contributed by atoms with Crippen LogP contribution in [0.3, 0.4) is 0 Å². The molecule has 0 aliphatic carbocycles. The van der Waals surface area contributed by atoms with Crippen molar-refractivity contribution in [3.63, 3.8) is 0 Å². The number of hydrogen-bond donors (Lipinski definition) is 4. The van der Waals surface area contributed by atoms with Gasteiger partial charge in [-0.3, -0.25) is 9.89 Å². The summed E-state index contributed by atoms with van der Waals surface area (Å²) in [6.07, 6.45) is 2.91. The van der Waals surface area contributed by atoms with E-state index < -0.39 is 0 Å². The molecule has 1 aromatic carbocycles. The zero-order valence-electron chi connectivity index (χ0n) is 14.2. The van der Waals surface area contributed by atoms with Gasteiger partial charge in [0.2, 0.25) is 0 Å². The molecule has 3 heterocycles. The number of nitrogens with zero attached hydrogens (tertiary/aromatic N) is 2. The molecule has 0 unspecified atom stereocenters. The maximum atomic E-state index is 12.2. The Morgan fingerprint density at radius 1 is 1.31 bits per heavy atom. The molecular formula is C18H18N6OS. The Morgan fingerprint density at radius 3 is 3.04 bits per heavy atom. The van der Waals surface area contributed by atoms with E-state index in [0.29, 0.717) is 11.5 Å². The maximum Gasteiger partial charge on any atom is 0.276 e. The van der Waals surface area contributed by atoms with Crippen molar-refractivity contribution in [1.82, 2.24) is 20.2 Å². The number of carbonyl (C=O) groups is 1. The van der Waals surface area contributed by atoms with Crippen molar-refractivity contribution in [2.24, 2.45) is 0 Å². The number of H-pyrrole nitrogens is 2. The van der Waals surface area contributed by atoms with Gasteiger partial charge < -0.3 is 15.6 Å². The summed E-state index contributed by atoms with van der Waals surface area (Å²) < 4.78 is 0. The second-order valence-corrected chi connectivity index (χ2v) is 6.82. The van der Waals surface area contributed by atoms with E-state index in [2.05, 4.69) is 42.9 Å². The van der Waals surface area contributed by atoms with Gasteiger partial charge in [0.1, 0.15) is 5.69 Å². The highest BCUT2D eigenvalue weighted by molar-refractivity contribution is 7.13. The van der Waals surface area contributed by atoms with E-state index in [0.717, 1.165) is 29.3 Å². The molecule has 0 aliphatic rings. The third-order valence-electron chi connectivity index (χ3n) is 4.03. The van der Waals surface area contributed by atoms with Crippen molar-refractivity contribution < 1.29 is 4.79 Å². The number of amides is 1. The number of fused-ring (bicyclic) bond motifs is 1. The lowest BCUT2D eigenvalue weighted by atomic mass is 10.1. The fourth-order valence-corrected chi connectivity index (χ4v) is 3.48. The molecular weight excluding hydrogens is 348 g/mol. The molecule has 4 N–H and O–H groups in total. The number of anilines is 2. The summed E-state index contributed by atoms with van der Waals surface area (Å²) in [6.45, 7) is 2.62. The Balaban J connectivity index is 1.34. The van der Waals surface area contributed by atoms with Gasteiger partial charge >= 0.3 is 0 Å². The molecule has 0 saturated heterocycles. The third kappa shape index (κ3) is 3.45. The molecule has 7 nitrogen and oxygen atoms in total. The highest BCUT2D eigenvalue weighted by atomic mass is 32.1. The largest absolute Gasteiger partial charge is 0.361 e. The van der Waals surface area contributed by atoms with Crippen LogP contribution in [0.5, 0.6) is 0 Å². The van der Waals surface area contributed by atoms with E-state index >= 15 is 0 Å². The summed E-state index contributed by atoms with van der Waals surface area (Å²) in [5.74, 6) is 0.228. The van der Waals surface area contributed by atoms with E-state index in [-0.39, 0.29) is 5.91 Å². The Labute approximate surface area is 153 Å². The van der Waals surface area contributed by atoms with Crippen molar-refractivity contribution in [2.45, 2.75) is 13.3 Å². The SMILES string of the molecule is Cc1cc(NC(=O)c2csc(NCCc3c[nH]c4ccccc34)n2)n[nH]1. The van der Waals surface area contributed by atoms with Crippen LogP contribution >= 0.6 is 11.3 Å². The number of nitrogens with one attached hydrogen (secondary N) is 4. The first-order valence-corrected chi connectivity index (χ1v) is 9.15. The van der Waals surface area contributed by atoms with Crippen LogP contribution in [0.15, 0.2) is 41.9 Å². The topological polar surface area (TPSA) is 98.5 Å². The standard InChI is InChI=1S/C18H18N6OS/c1-11-8-16(24-23-11)22-17(25)15-10-26-18(21-15)19-7-6-12-9-20-14-5-3-2-4-13(12)14/h2-5,8-10,20H,6-7H2,1H3,(H,19,21)(H2,22,23,24,25). The Morgan fingerprint density at radius 2 is 2.19 bits per heavy atom. The lowest BCUT2D eigenvalue weighted by molar-refractivity contribution is 0.102. The van der Waals surface area contributed by atoms with Crippen molar-refractivity contribution in [1.29, 1.82) is 0 Å². The summed E-state index contributed by atoms with van der Waals surface area (Å²) in [5.41, 5.74) is 3.67. The van der Waals surface area contributed by atoms with Crippen LogP contribution in [0.25, 0.3) is 10.9 Å². The Bertz CT molecular complexity index is 1050. The number of carbonyl (C=O) groups excluding carboxylic acids is 1. The molecule has 3 aromatic heterocycles. The van der Waals surface area contributed by atoms with Crippen molar-refractivity contribution >= 4 is 39.1 Å². The number of aryl methyl sites for hydroxylation is 1. The number of aromatic amines is 2. The number of hydrogen-bond acceptors (Lipinski definition) is 5. The number of benzene rings is 1. The molecule has 0 saturated carbocycles. The molecule has 0 atom stereocenters. The van der Waals surface area contributed by atoms with E-state index in [1.54, 1.807) is 11.4 Å². The van der Waals surface area contributed by atoms with Gasteiger partial charge in [-0.1, -0.05) is 18.2 Å². The lowest BCUT2D eigenvalue weighted by Gasteiger charge is -2.02. The highest BCUT2D eigenvalue weighted by Gasteiger charge is 2.12. The zero-order chi connectivity index (χ0) is 17.9. The minimum Gasteiger partial charge on any atom is -0.361 e. The molecule has 1 amide bonds. The van der Waals surface area contributed by atoms with Crippen LogP contribution in [-0.2, 0) is 6.42 Å². The van der Waals surface area contributed by atoms with E-state index in [4.69, 9.17) is 0 Å². The normalized spacial score (nSPS) is 11.0. The quantitative estimate of drug-likeness (QED) is 0.419. The van der Waals surface area contributed by atoms with Gasteiger partial charge in [-0.15, -0.1) is 11.3 Å². The second-order valence-electron chi connectivity index (χ2n) is 5.96. The number of rotatable bonds is 6. The van der Waals surface area contributed by atoms with Gasteiger partial charge in [0.05, 0.1) is 0 Å². The van der Waals surface area contributed by atoms with Gasteiger partial charge in [0.25, 0.3) is 5.91 Å². The van der Waals surface area contributed by atoms with E-state index in [9.17, 15) is 4.79 Å². The molecule has 0 spiro atoms. The van der Waals surface area contributed by atoms with Crippen molar-refractivity contribution in [2.75, 3.05) is 17.2 Å². The van der Waals surface area contributed by atoms with E-state index in [1.807, 2.05) is 25.3 Å². The maximum absolute atomic E-state index is 12.2. The van der Waals surface area contributed by atoms with E-state index in [1.165, 1.54) is 22.3 Å². The van der Waals surface area contributed by atoms with Crippen molar-refractivity contribution in [3.05, 3.63) is 58.9 Å². The molecule has 0 fully saturated rings. The second kappa shape index (κ2) is 7.01. The zero-order valence-corrected chi connectivity index (χ0v) is 15.0. The smallest absolute Gasteiger partial charge is 0.276 e. The molecule has 4 aromatic rings. The molecule has 0 radical (unpaired) electrons. The number of para-hydroxylation sites is 1. The molecule has 8 heteroatoms. The molecule has 0 aliphatic heterocycles. The van der Waals surface area contributed by atoms with Crippen LogP contribution in [-0.4, -0.2) is 32.6 Å². The van der Waals surface area contributed by atoms with Crippen LogP contribution in [0, 0.1) is 6.92 Å². The fourth-order valence-electron chi connectivity index (χ4n) is 2.76. The fraction of sp³-hybridized carbons (Fsp3) is 0.167. The Kier molecular flexibility index (Phi) is 4.40. The predicted octanol–water partition coefficient (Wildman–Crippen LogP) is 3.56. The Hall–Kier alpha value is -3.13. The van der Waals surface area contributed by atoms with Gasteiger partial charge in [0, 0.05) is 40.8 Å². The predicted molar refractivity (Wildman–Crippen MR) is 104 cm³/mol. The summed E-state index contributed by atoms with van der Waals surface area (Å²) in [6, 6.07) is 10.0. The summed E-state index contributed by atoms with van der Waals surface area (Å²) >= 11 is 1.42. The molecule has 4 rings (SSSR count). The minimum absolute atomic E-state index is 0.266. The van der Waals surface area contributed by atoms with Crippen molar-refractivity contribution in [3.8, 4) is 0 Å². The molecule has 26 heavy (non-hydrogen) atoms. The molecule has 0 bridgehead atoms. The van der Waals surface area contributed by atoms with Crippen LogP contribution in [0.2, 0.25) is 0 Å². The lowest BCUT2D eigenvalue weighted by Crippen LogP contribution is -2.13. The van der Waals surface area contributed by atoms with Crippen LogP contribution in [0.4, 0.5) is 10.9 Å². The van der Waals surface area contributed by atoms with Gasteiger partial charge in [-0.05, 0) is 25.0 Å². The summed E-state index contributed by atoms with van der Waals surface area (Å²) in [7, 11) is 0. The average molecular weight is 366 g/mol. The molecule has 132 valence electrons.